The third-order valence-electron chi connectivity index (χ3n) is 3.62. The maximum atomic E-state index is 12.2. The van der Waals surface area contributed by atoms with Crippen LogP contribution in [-0.4, -0.2) is 65.7 Å². The van der Waals surface area contributed by atoms with Gasteiger partial charge < -0.3 is 14.4 Å². The fraction of sp³-hybridized carbons (Fsp3) is 0.500. The molecule has 2 saturated heterocycles. The summed E-state index contributed by atoms with van der Waals surface area (Å²) < 4.78 is 10.6. The molecule has 112 valence electrons. The predicted octanol–water partition coefficient (Wildman–Crippen LogP) is 0.513. The van der Waals surface area contributed by atoms with Crippen LogP contribution >= 0.6 is 0 Å². The number of aromatic nitrogens is 1. The number of carbonyl (C=O) groups is 2. The van der Waals surface area contributed by atoms with Gasteiger partial charge in [0.1, 0.15) is 25.0 Å². The molecule has 0 unspecified atom stereocenters. The lowest BCUT2D eigenvalue weighted by Gasteiger charge is -2.20. The van der Waals surface area contributed by atoms with Gasteiger partial charge in [-0.05, 0) is 12.1 Å². The molecule has 0 bridgehead atoms. The number of hydrogen-bond acceptors (Lipinski definition) is 5. The van der Waals surface area contributed by atoms with E-state index in [0.29, 0.717) is 26.2 Å². The number of hydrogen-bond donors (Lipinski definition) is 0. The number of cyclic esters (lactones) is 1. The van der Waals surface area contributed by atoms with Crippen molar-refractivity contribution < 1.29 is 19.1 Å². The molecule has 3 rings (SSSR count). The summed E-state index contributed by atoms with van der Waals surface area (Å²) in [6, 6.07) is 3.59. The van der Waals surface area contributed by atoms with Gasteiger partial charge in [0.15, 0.2) is 0 Å². The second-order valence-corrected chi connectivity index (χ2v) is 5.09. The lowest BCUT2D eigenvalue weighted by molar-refractivity contribution is -0.130. The minimum Gasteiger partial charge on any atom is -0.488 e. The molecule has 7 heteroatoms. The molecule has 1 aromatic heterocycles. The molecular weight excluding hydrogens is 274 g/mol. The average Bonchev–Trinajstić information content (AvgIpc) is 3.10. The lowest BCUT2D eigenvalue weighted by atomic mass is 10.3. The van der Waals surface area contributed by atoms with E-state index in [2.05, 4.69) is 4.98 Å². The Balaban J connectivity index is 1.50. The molecule has 7 nitrogen and oxygen atoms in total. The van der Waals surface area contributed by atoms with Crippen LogP contribution in [0.4, 0.5) is 4.79 Å². The molecule has 0 aliphatic carbocycles. The molecule has 2 amide bonds. The van der Waals surface area contributed by atoms with Crippen LogP contribution in [0.2, 0.25) is 0 Å². The molecule has 0 N–H and O–H groups in total. The fourth-order valence-electron chi connectivity index (χ4n) is 2.49. The van der Waals surface area contributed by atoms with Crippen LogP contribution in [0.5, 0.6) is 5.75 Å². The van der Waals surface area contributed by atoms with Gasteiger partial charge in [-0.15, -0.1) is 0 Å². The number of pyridine rings is 1. The van der Waals surface area contributed by atoms with E-state index in [-0.39, 0.29) is 18.6 Å². The molecule has 1 aromatic rings. The van der Waals surface area contributed by atoms with Crippen molar-refractivity contribution in [2.75, 3.05) is 32.8 Å². The summed E-state index contributed by atoms with van der Waals surface area (Å²) in [7, 11) is 0. The zero-order valence-electron chi connectivity index (χ0n) is 11.6. The third-order valence-corrected chi connectivity index (χ3v) is 3.62. The number of rotatable bonds is 4. The van der Waals surface area contributed by atoms with E-state index in [4.69, 9.17) is 9.47 Å². The third kappa shape index (κ3) is 3.24. The number of amides is 2. The van der Waals surface area contributed by atoms with Gasteiger partial charge in [-0.2, -0.15) is 0 Å². The van der Waals surface area contributed by atoms with Gasteiger partial charge in [-0.1, -0.05) is 0 Å². The summed E-state index contributed by atoms with van der Waals surface area (Å²) in [6.45, 7) is 2.12. The van der Waals surface area contributed by atoms with Crippen molar-refractivity contribution in [2.45, 2.75) is 12.5 Å². The van der Waals surface area contributed by atoms with Crippen molar-refractivity contribution in [3.8, 4) is 5.75 Å². The van der Waals surface area contributed by atoms with E-state index in [9.17, 15) is 9.59 Å². The topological polar surface area (TPSA) is 72.0 Å². The van der Waals surface area contributed by atoms with Crippen LogP contribution in [0.15, 0.2) is 24.5 Å². The minimum atomic E-state index is -0.410. The maximum Gasteiger partial charge on any atom is 0.410 e. The number of likely N-dealkylation sites (tertiary alicyclic amines) is 1. The molecule has 2 aliphatic heterocycles. The monoisotopic (exact) mass is 291 g/mol. The number of nitrogens with zero attached hydrogens (tertiary/aromatic N) is 3. The summed E-state index contributed by atoms with van der Waals surface area (Å²) in [4.78, 5) is 30.6. The molecule has 0 saturated carbocycles. The normalized spacial score (nSPS) is 21.5. The first kappa shape index (κ1) is 13.7. The van der Waals surface area contributed by atoms with Crippen LogP contribution in [0, 0.1) is 0 Å². The van der Waals surface area contributed by atoms with E-state index in [1.54, 1.807) is 29.4 Å². The zero-order chi connectivity index (χ0) is 14.7. The Kier molecular flexibility index (Phi) is 3.89. The van der Waals surface area contributed by atoms with Crippen molar-refractivity contribution in [1.29, 1.82) is 0 Å². The highest BCUT2D eigenvalue weighted by atomic mass is 16.6. The standard InChI is InChI=1S/C14H17N3O4/c18-13(10-17-7-8-20-14(17)19)16-6-3-12(9-16)21-11-1-4-15-5-2-11/h1-2,4-5,12H,3,6-10H2/t12-/m0/s1. The molecular formula is C14H17N3O4. The first-order chi connectivity index (χ1) is 10.2. The second kappa shape index (κ2) is 5.99. The van der Waals surface area contributed by atoms with E-state index in [0.717, 1.165) is 12.2 Å². The highest BCUT2D eigenvalue weighted by Crippen LogP contribution is 2.18. The van der Waals surface area contributed by atoms with Crippen LogP contribution in [-0.2, 0) is 9.53 Å². The van der Waals surface area contributed by atoms with E-state index in [1.807, 2.05) is 0 Å². The average molecular weight is 291 g/mol. The van der Waals surface area contributed by atoms with Crippen molar-refractivity contribution in [3.63, 3.8) is 0 Å². The summed E-state index contributed by atoms with van der Waals surface area (Å²) in [6.07, 6.45) is 3.71. The van der Waals surface area contributed by atoms with Crippen LogP contribution in [0.1, 0.15) is 6.42 Å². The van der Waals surface area contributed by atoms with Gasteiger partial charge in [0.05, 0.1) is 13.1 Å². The first-order valence-electron chi connectivity index (χ1n) is 6.98. The van der Waals surface area contributed by atoms with Gasteiger partial charge in [-0.25, -0.2) is 4.79 Å². The Morgan fingerprint density at radius 1 is 1.38 bits per heavy atom. The quantitative estimate of drug-likeness (QED) is 0.808. The van der Waals surface area contributed by atoms with Gasteiger partial charge in [-0.3, -0.25) is 14.7 Å². The van der Waals surface area contributed by atoms with Gasteiger partial charge in [0.25, 0.3) is 0 Å². The van der Waals surface area contributed by atoms with E-state index >= 15 is 0 Å². The largest absolute Gasteiger partial charge is 0.488 e. The number of carbonyl (C=O) groups excluding carboxylic acids is 2. The van der Waals surface area contributed by atoms with Crippen LogP contribution in [0.25, 0.3) is 0 Å². The molecule has 2 fully saturated rings. The van der Waals surface area contributed by atoms with Crippen molar-refractivity contribution >= 4 is 12.0 Å². The van der Waals surface area contributed by atoms with Gasteiger partial charge in [0.2, 0.25) is 5.91 Å². The molecule has 0 spiro atoms. The van der Waals surface area contributed by atoms with Gasteiger partial charge >= 0.3 is 6.09 Å². The van der Waals surface area contributed by atoms with Crippen molar-refractivity contribution in [2.24, 2.45) is 0 Å². The Bertz CT molecular complexity index is 522. The molecule has 3 heterocycles. The molecule has 1 atom stereocenters. The van der Waals surface area contributed by atoms with Crippen LogP contribution < -0.4 is 4.74 Å². The Morgan fingerprint density at radius 2 is 2.19 bits per heavy atom. The molecule has 2 aliphatic rings. The lowest BCUT2D eigenvalue weighted by Crippen LogP contribution is -2.40. The molecule has 21 heavy (non-hydrogen) atoms. The predicted molar refractivity (Wildman–Crippen MR) is 72.8 cm³/mol. The summed E-state index contributed by atoms with van der Waals surface area (Å²) in [5, 5.41) is 0. The highest BCUT2D eigenvalue weighted by Gasteiger charge is 2.31. The number of ether oxygens (including phenoxy) is 2. The SMILES string of the molecule is O=C(CN1CCOC1=O)N1CC[C@H](Oc2ccncc2)C1. The smallest absolute Gasteiger partial charge is 0.410 e. The Labute approximate surface area is 122 Å². The second-order valence-electron chi connectivity index (χ2n) is 5.09. The van der Waals surface area contributed by atoms with Crippen molar-refractivity contribution in [1.82, 2.24) is 14.8 Å². The Hall–Kier alpha value is -2.31. The highest BCUT2D eigenvalue weighted by molar-refractivity contribution is 5.83. The van der Waals surface area contributed by atoms with Crippen molar-refractivity contribution in [3.05, 3.63) is 24.5 Å². The fourth-order valence-corrected chi connectivity index (χ4v) is 2.49. The summed E-state index contributed by atoms with van der Waals surface area (Å²) in [5.74, 6) is 0.696. The zero-order valence-corrected chi connectivity index (χ0v) is 11.6. The van der Waals surface area contributed by atoms with E-state index in [1.165, 1.54) is 4.90 Å². The summed E-state index contributed by atoms with van der Waals surface area (Å²) in [5.41, 5.74) is 0. The van der Waals surface area contributed by atoms with Crippen LogP contribution in [0.3, 0.4) is 0 Å². The molecule has 0 radical (unpaired) electrons. The molecule has 0 aromatic carbocycles. The maximum absolute atomic E-state index is 12.2. The minimum absolute atomic E-state index is 0.0121. The first-order valence-corrected chi connectivity index (χ1v) is 6.98. The van der Waals surface area contributed by atoms with Gasteiger partial charge in [0, 0.05) is 25.4 Å². The van der Waals surface area contributed by atoms with E-state index < -0.39 is 6.09 Å². The Morgan fingerprint density at radius 3 is 2.90 bits per heavy atom. The summed E-state index contributed by atoms with van der Waals surface area (Å²) >= 11 is 0.